The van der Waals surface area contributed by atoms with Gasteiger partial charge in [-0.15, -0.1) is 0 Å². The molecule has 2 unspecified atom stereocenters. The zero-order chi connectivity index (χ0) is 14.0. The van der Waals surface area contributed by atoms with Crippen LogP contribution < -0.4 is 10.5 Å². The lowest BCUT2D eigenvalue weighted by atomic mass is 10.1. The zero-order valence-electron chi connectivity index (χ0n) is 10.8. The van der Waals surface area contributed by atoms with Crippen LogP contribution in [0.15, 0.2) is 24.3 Å². The van der Waals surface area contributed by atoms with Gasteiger partial charge in [-0.25, -0.2) is 8.42 Å². The SMILES string of the molecule is CC[C@@H](N)c1ccc(OC2CS(=O)(=O)CC2O)cc1. The molecule has 2 rings (SSSR count). The highest BCUT2D eigenvalue weighted by atomic mass is 32.2. The summed E-state index contributed by atoms with van der Waals surface area (Å²) in [7, 11) is -3.19. The zero-order valence-corrected chi connectivity index (χ0v) is 11.6. The van der Waals surface area contributed by atoms with E-state index in [9.17, 15) is 13.5 Å². The molecule has 0 amide bonds. The van der Waals surface area contributed by atoms with Gasteiger partial charge in [0.15, 0.2) is 9.84 Å². The van der Waals surface area contributed by atoms with Crippen molar-refractivity contribution in [2.24, 2.45) is 5.73 Å². The highest BCUT2D eigenvalue weighted by molar-refractivity contribution is 7.91. The predicted octanol–water partition coefficient (Wildman–Crippen LogP) is 0.633. The fraction of sp³-hybridized carbons (Fsp3) is 0.538. The van der Waals surface area contributed by atoms with E-state index in [-0.39, 0.29) is 17.5 Å². The molecule has 19 heavy (non-hydrogen) atoms. The Morgan fingerprint density at radius 2 is 2.00 bits per heavy atom. The van der Waals surface area contributed by atoms with Crippen molar-refractivity contribution < 1.29 is 18.3 Å². The molecule has 0 aliphatic carbocycles. The van der Waals surface area contributed by atoms with E-state index in [1.165, 1.54) is 0 Å². The summed E-state index contributed by atoms with van der Waals surface area (Å²) < 4.78 is 28.3. The van der Waals surface area contributed by atoms with E-state index in [0.717, 1.165) is 12.0 Å². The second-order valence-corrected chi connectivity index (χ2v) is 7.04. The molecule has 6 heteroatoms. The van der Waals surface area contributed by atoms with Gasteiger partial charge in [-0.2, -0.15) is 0 Å². The summed E-state index contributed by atoms with van der Waals surface area (Å²) in [6, 6.07) is 7.22. The Kier molecular flexibility index (Phi) is 4.13. The fourth-order valence-electron chi connectivity index (χ4n) is 2.11. The first-order chi connectivity index (χ1) is 8.91. The number of hydrogen-bond acceptors (Lipinski definition) is 5. The van der Waals surface area contributed by atoms with Crippen LogP contribution in [-0.4, -0.2) is 37.2 Å². The van der Waals surface area contributed by atoms with Gasteiger partial charge in [0.2, 0.25) is 0 Å². The van der Waals surface area contributed by atoms with Crippen LogP contribution in [0.3, 0.4) is 0 Å². The number of aliphatic hydroxyl groups is 1. The fourth-order valence-corrected chi connectivity index (χ4v) is 3.78. The summed E-state index contributed by atoms with van der Waals surface area (Å²) in [6.45, 7) is 2.01. The Morgan fingerprint density at radius 3 is 2.47 bits per heavy atom. The molecule has 3 N–H and O–H groups in total. The Bertz CT molecular complexity index is 526. The van der Waals surface area contributed by atoms with Gasteiger partial charge in [-0.05, 0) is 24.1 Å². The van der Waals surface area contributed by atoms with Crippen molar-refractivity contribution in [3.63, 3.8) is 0 Å². The molecular formula is C13H19NO4S. The molecule has 3 atom stereocenters. The number of ether oxygens (including phenoxy) is 1. The van der Waals surface area contributed by atoms with E-state index in [1.807, 2.05) is 19.1 Å². The molecule has 0 spiro atoms. The minimum Gasteiger partial charge on any atom is -0.487 e. The average molecular weight is 285 g/mol. The van der Waals surface area contributed by atoms with Gasteiger partial charge in [0.1, 0.15) is 18.0 Å². The number of hydrogen-bond donors (Lipinski definition) is 2. The summed E-state index contributed by atoms with van der Waals surface area (Å²) in [5.74, 6) is 0.189. The smallest absolute Gasteiger partial charge is 0.156 e. The lowest BCUT2D eigenvalue weighted by Crippen LogP contribution is -2.29. The standard InChI is InChI=1S/C13H19NO4S/c1-2-11(14)9-3-5-10(6-4-9)18-13-8-19(16,17)7-12(13)15/h3-6,11-13,15H,2,7-8,14H2,1H3/t11-,12?,13?/m1/s1. The third-order valence-electron chi connectivity index (χ3n) is 3.31. The molecule has 1 saturated heterocycles. The van der Waals surface area contributed by atoms with Gasteiger partial charge in [-0.3, -0.25) is 0 Å². The Hall–Kier alpha value is -1.11. The Morgan fingerprint density at radius 1 is 1.37 bits per heavy atom. The molecule has 0 aromatic heterocycles. The van der Waals surface area contributed by atoms with E-state index in [2.05, 4.69) is 0 Å². The van der Waals surface area contributed by atoms with Crippen LogP contribution in [0.2, 0.25) is 0 Å². The number of aliphatic hydroxyl groups excluding tert-OH is 1. The number of benzene rings is 1. The topological polar surface area (TPSA) is 89.6 Å². The van der Waals surface area contributed by atoms with Crippen molar-refractivity contribution in [1.82, 2.24) is 0 Å². The van der Waals surface area contributed by atoms with E-state index >= 15 is 0 Å². The van der Waals surface area contributed by atoms with Gasteiger partial charge in [-0.1, -0.05) is 19.1 Å². The lowest BCUT2D eigenvalue weighted by molar-refractivity contribution is 0.0738. The van der Waals surface area contributed by atoms with Crippen LogP contribution in [0.4, 0.5) is 0 Å². The second kappa shape index (κ2) is 5.48. The molecule has 1 heterocycles. The van der Waals surface area contributed by atoms with Crippen LogP contribution in [-0.2, 0) is 9.84 Å². The van der Waals surface area contributed by atoms with E-state index < -0.39 is 22.0 Å². The van der Waals surface area contributed by atoms with E-state index in [4.69, 9.17) is 10.5 Å². The molecule has 0 radical (unpaired) electrons. The number of rotatable bonds is 4. The van der Waals surface area contributed by atoms with Crippen molar-refractivity contribution in [2.75, 3.05) is 11.5 Å². The maximum atomic E-state index is 11.4. The summed E-state index contributed by atoms with van der Waals surface area (Å²) in [5, 5.41) is 9.64. The maximum absolute atomic E-state index is 11.4. The monoisotopic (exact) mass is 285 g/mol. The van der Waals surface area contributed by atoms with Crippen molar-refractivity contribution in [3.8, 4) is 5.75 Å². The normalized spacial score (nSPS) is 27.1. The summed E-state index contributed by atoms with van der Waals surface area (Å²) in [6.07, 6.45) is -0.793. The van der Waals surface area contributed by atoms with Gasteiger partial charge in [0.25, 0.3) is 0 Å². The van der Waals surface area contributed by atoms with Crippen LogP contribution in [0.5, 0.6) is 5.75 Å². The number of nitrogens with two attached hydrogens (primary N) is 1. The molecule has 1 fully saturated rings. The molecule has 1 aromatic rings. The van der Waals surface area contributed by atoms with Crippen LogP contribution in [0, 0.1) is 0 Å². The van der Waals surface area contributed by atoms with Gasteiger partial charge >= 0.3 is 0 Å². The quantitative estimate of drug-likeness (QED) is 0.847. The first-order valence-electron chi connectivity index (χ1n) is 6.32. The molecule has 1 aromatic carbocycles. The third-order valence-corrected chi connectivity index (χ3v) is 4.99. The van der Waals surface area contributed by atoms with E-state index in [1.54, 1.807) is 12.1 Å². The first kappa shape index (κ1) is 14.3. The molecule has 1 aliphatic heterocycles. The highest BCUT2D eigenvalue weighted by Gasteiger charge is 2.38. The molecule has 0 bridgehead atoms. The van der Waals surface area contributed by atoms with Crippen molar-refractivity contribution >= 4 is 9.84 Å². The molecule has 1 aliphatic rings. The van der Waals surface area contributed by atoms with Crippen molar-refractivity contribution in [1.29, 1.82) is 0 Å². The molecule has 0 saturated carbocycles. The van der Waals surface area contributed by atoms with Gasteiger partial charge in [0.05, 0.1) is 11.5 Å². The Labute approximate surface area is 113 Å². The largest absolute Gasteiger partial charge is 0.487 e. The minimum atomic E-state index is -3.19. The second-order valence-electron chi connectivity index (χ2n) is 4.88. The van der Waals surface area contributed by atoms with Gasteiger partial charge < -0.3 is 15.6 Å². The Balaban J connectivity index is 2.04. The van der Waals surface area contributed by atoms with E-state index in [0.29, 0.717) is 5.75 Å². The number of sulfone groups is 1. The van der Waals surface area contributed by atoms with Crippen molar-refractivity contribution in [2.45, 2.75) is 31.6 Å². The van der Waals surface area contributed by atoms with Gasteiger partial charge in [0, 0.05) is 6.04 Å². The molecular weight excluding hydrogens is 266 g/mol. The highest BCUT2D eigenvalue weighted by Crippen LogP contribution is 2.22. The summed E-state index contributed by atoms with van der Waals surface area (Å²) in [5.41, 5.74) is 6.91. The predicted molar refractivity (Wildman–Crippen MR) is 72.7 cm³/mol. The lowest BCUT2D eigenvalue weighted by Gasteiger charge is -2.16. The summed E-state index contributed by atoms with van der Waals surface area (Å²) in [4.78, 5) is 0. The molecule has 106 valence electrons. The third kappa shape index (κ3) is 3.46. The molecule has 5 nitrogen and oxygen atoms in total. The maximum Gasteiger partial charge on any atom is 0.156 e. The first-order valence-corrected chi connectivity index (χ1v) is 8.14. The van der Waals surface area contributed by atoms with Crippen molar-refractivity contribution in [3.05, 3.63) is 29.8 Å². The van der Waals surface area contributed by atoms with Crippen LogP contribution in [0.1, 0.15) is 24.9 Å². The van der Waals surface area contributed by atoms with Crippen LogP contribution in [0.25, 0.3) is 0 Å². The minimum absolute atomic E-state index is 0.00787. The van der Waals surface area contributed by atoms with Crippen LogP contribution >= 0.6 is 0 Å². The average Bonchev–Trinajstić information content (AvgIpc) is 2.62. The summed E-state index contributed by atoms with van der Waals surface area (Å²) >= 11 is 0.